The molecule has 2 amide bonds. The third kappa shape index (κ3) is 7.85. The fourth-order valence-corrected chi connectivity index (χ4v) is 2.50. The van der Waals surface area contributed by atoms with Gasteiger partial charge in [0.15, 0.2) is 0 Å². The van der Waals surface area contributed by atoms with Crippen molar-refractivity contribution in [3.05, 3.63) is 48.0 Å². The average molecular weight is 360 g/mol. The topological polar surface area (TPSA) is 46.6 Å². The van der Waals surface area contributed by atoms with E-state index in [1.54, 1.807) is 0 Å². The number of imide groups is 1. The number of cyclic esters (lactones) is 1. The van der Waals surface area contributed by atoms with Crippen molar-refractivity contribution in [3.63, 3.8) is 0 Å². The molecule has 0 spiro atoms. The van der Waals surface area contributed by atoms with Crippen molar-refractivity contribution in [1.29, 1.82) is 0 Å². The van der Waals surface area contributed by atoms with Crippen LogP contribution in [0.2, 0.25) is 0 Å². The molecule has 1 atom stereocenters. The molecule has 0 N–H and O–H groups in total. The minimum Gasteiger partial charge on any atom is -0.447 e. The molecule has 1 saturated heterocycles. The summed E-state index contributed by atoms with van der Waals surface area (Å²) in [4.78, 5) is 25.4. The van der Waals surface area contributed by atoms with Gasteiger partial charge < -0.3 is 4.74 Å². The molecule has 1 heterocycles. The van der Waals surface area contributed by atoms with Crippen molar-refractivity contribution in [3.8, 4) is 0 Å². The maximum Gasteiger partial charge on any atom is 0.416 e. The zero-order valence-corrected chi connectivity index (χ0v) is 16.6. The molecule has 0 unspecified atom stereocenters. The third-order valence-electron chi connectivity index (χ3n) is 4.09. The van der Waals surface area contributed by atoms with Crippen molar-refractivity contribution >= 4 is 12.0 Å². The van der Waals surface area contributed by atoms with Crippen LogP contribution >= 0.6 is 0 Å². The Hall–Kier alpha value is -2.10. The van der Waals surface area contributed by atoms with Crippen LogP contribution in [0.15, 0.2) is 42.5 Å². The standard InChI is InChI=1S/C18H23NO3.C4H10/c1-14(2)8-6-7-11-17(20)19-16(13-22-18(19)21)12-15-9-4-3-5-10-15;1-3-4-2/h3-6,8-10,14,16H,7,11-13H2,1-2H3;3-4H2,1-2H3/b8-6+;/t16-;/m0./s1. The highest BCUT2D eigenvalue weighted by Crippen LogP contribution is 2.19. The summed E-state index contributed by atoms with van der Waals surface area (Å²) in [7, 11) is 0. The van der Waals surface area contributed by atoms with E-state index in [4.69, 9.17) is 4.74 Å². The van der Waals surface area contributed by atoms with E-state index >= 15 is 0 Å². The zero-order chi connectivity index (χ0) is 19.4. The van der Waals surface area contributed by atoms with Crippen LogP contribution < -0.4 is 0 Å². The first-order chi connectivity index (χ1) is 12.5. The Bertz CT molecular complexity index is 564. The van der Waals surface area contributed by atoms with Gasteiger partial charge in [-0.15, -0.1) is 0 Å². The Morgan fingerprint density at radius 1 is 1.23 bits per heavy atom. The van der Waals surface area contributed by atoms with Gasteiger partial charge in [0, 0.05) is 6.42 Å². The van der Waals surface area contributed by atoms with E-state index in [-0.39, 0.29) is 18.6 Å². The van der Waals surface area contributed by atoms with Gasteiger partial charge in [0.25, 0.3) is 0 Å². The molecule has 4 heteroatoms. The lowest BCUT2D eigenvalue weighted by Gasteiger charge is -2.19. The fraction of sp³-hybridized carbons (Fsp3) is 0.545. The van der Waals surface area contributed by atoms with Gasteiger partial charge in [0.1, 0.15) is 6.61 Å². The van der Waals surface area contributed by atoms with Crippen LogP contribution in [0.25, 0.3) is 0 Å². The number of benzene rings is 1. The summed E-state index contributed by atoms with van der Waals surface area (Å²) in [6.45, 7) is 8.82. The molecule has 2 rings (SSSR count). The van der Waals surface area contributed by atoms with Gasteiger partial charge in [-0.1, -0.05) is 83.0 Å². The number of carbonyl (C=O) groups is 2. The summed E-state index contributed by atoms with van der Waals surface area (Å²) in [5.41, 5.74) is 1.10. The number of allylic oxidation sites excluding steroid dienone is 2. The number of amides is 2. The van der Waals surface area contributed by atoms with E-state index in [0.29, 0.717) is 25.2 Å². The van der Waals surface area contributed by atoms with E-state index in [1.165, 1.54) is 17.7 Å². The Kier molecular flexibility index (Phi) is 10.4. The third-order valence-corrected chi connectivity index (χ3v) is 4.09. The number of nitrogens with zero attached hydrogens (tertiary/aromatic N) is 1. The molecular weight excluding hydrogens is 326 g/mol. The lowest BCUT2D eigenvalue weighted by atomic mass is 10.1. The average Bonchev–Trinajstić information content (AvgIpc) is 3.00. The quantitative estimate of drug-likeness (QED) is 0.614. The molecule has 4 nitrogen and oxygen atoms in total. The minimum atomic E-state index is -0.515. The lowest BCUT2D eigenvalue weighted by Crippen LogP contribution is -2.40. The Labute approximate surface area is 158 Å². The van der Waals surface area contributed by atoms with Crippen molar-refractivity contribution in [2.45, 2.75) is 65.8 Å². The Morgan fingerprint density at radius 2 is 1.88 bits per heavy atom. The SMILES string of the molecule is CC(C)/C=C/CCC(=O)N1C(=O)OC[C@@H]1Cc1ccccc1.CCCC. The van der Waals surface area contributed by atoms with Crippen LogP contribution in [0, 0.1) is 5.92 Å². The first kappa shape index (κ1) is 21.9. The second kappa shape index (κ2) is 12.3. The van der Waals surface area contributed by atoms with Gasteiger partial charge in [-0.3, -0.25) is 4.79 Å². The first-order valence-electron chi connectivity index (χ1n) is 9.68. The number of unbranched alkanes of at least 4 members (excludes halogenated alkanes) is 1. The molecule has 144 valence electrons. The van der Waals surface area contributed by atoms with Crippen molar-refractivity contribution in [2.24, 2.45) is 5.92 Å². The molecule has 0 aromatic heterocycles. The Balaban J connectivity index is 0.000000765. The summed E-state index contributed by atoms with van der Waals surface area (Å²) in [6.07, 6.45) is 7.81. The second-order valence-electron chi connectivity index (χ2n) is 6.90. The Morgan fingerprint density at radius 3 is 2.46 bits per heavy atom. The zero-order valence-electron chi connectivity index (χ0n) is 16.6. The number of carbonyl (C=O) groups excluding carboxylic acids is 2. The second-order valence-corrected chi connectivity index (χ2v) is 6.90. The van der Waals surface area contributed by atoms with Crippen molar-refractivity contribution < 1.29 is 14.3 Å². The van der Waals surface area contributed by atoms with E-state index in [0.717, 1.165) is 5.56 Å². The molecular formula is C22H33NO3. The van der Waals surface area contributed by atoms with Gasteiger partial charge in [0.2, 0.25) is 5.91 Å². The van der Waals surface area contributed by atoms with Crippen molar-refractivity contribution in [1.82, 2.24) is 4.90 Å². The van der Waals surface area contributed by atoms with Crippen LogP contribution in [0.5, 0.6) is 0 Å². The molecule has 26 heavy (non-hydrogen) atoms. The molecule has 0 aliphatic carbocycles. The highest BCUT2D eigenvalue weighted by molar-refractivity contribution is 5.93. The lowest BCUT2D eigenvalue weighted by molar-refractivity contribution is -0.129. The molecule has 0 bridgehead atoms. The summed E-state index contributed by atoms with van der Waals surface area (Å²) in [6, 6.07) is 9.65. The van der Waals surface area contributed by atoms with Gasteiger partial charge >= 0.3 is 6.09 Å². The van der Waals surface area contributed by atoms with Crippen LogP contribution in [0.3, 0.4) is 0 Å². The summed E-state index contributed by atoms with van der Waals surface area (Å²) in [5.74, 6) is 0.314. The highest BCUT2D eigenvalue weighted by Gasteiger charge is 2.37. The molecule has 1 aliphatic rings. The number of ether oxygens (including phenoxy) is 1. The molecule has 0 saturated carbocycles. The molecule has 0 radical (unpaired) electrons. The summed E-state index contributed by atoms with van der Waals surface area (Å²) in [5, 5.41) is 0. The molecule has 1 fully saturated rings. The summed E-state index contributed by atoms with van der Waals surface area (Å²) < 4.78 is 5.06. The molecule has 1 aromatic carbocycles. The number of rotatable bonds is 7. The van der Waals surface area contributed by atoms with Crippen LogP contribution in [0.4, 0.5) is 4.79 Å². The van der Waals surface area contributed by atoms with Crippen LogP contribution in [-0.2, 0) is 16.0 Å². The predicted octanol–water partition coefficient (Wildman–Crippen LogP) is 5.38. The predicted molar refractivity (Wildman–Crippen MR) is 106 cm³/mol. The van der Waals surface area contributed by atoms with Crippen LogP contribution in [0.1, 0.15) is 58.9 Å². The number of hydrogen-bond donors (Lipinski definition) is 0. The molecule has 1 aromatic rings. The van der Waals surface area contributed by atoms with E-state index < -0.39 is 6.09 Å². The monoisotopic (exact) mass is 359 g/mol. The van der Waals surface area contributed by atoms with Gasteiger partial charge in [0.05, 0.1) is 6.04 Å². The molecule has 1 aliphatic heterocycles. The normalized spacial score (nSPS) is 16.6. The maximum absolute atomic E-state index is 12.3. The minimum absolute atomic E-state index is 0.156. The maximum atomic E-state index is 12.3. The van der Waals surface area contributed by atoms with Gasteiger partial charge in [-0.2, -0.15) is 0 Å². The van der Waals surface area contributed by atoms with Crippen LogP contribution in [-0.4, -0.2) is 29.5 Å². The first-order valence-corrected chi connectivity index (χ1v) is 9.68. The van der Waals surface area contributed by atoms with Gasteiger partial charge in [-0.05, 0) is 24.3 Å². The van der Waals surface area contributed by atoms with Gasteiger partial charge in [-0.25, -0.2) is 9.69 Å². The van der Waals surface area contributed by atoms with Crippen molar-refractivity contribution in [2.75, 3.05) is 6.61 Å². The fourth-order valence-electron chi connectivity index (χ4n) is 2.50. The van der Waals surface area contributed by atoms with E-state index in [2.05, 4.69) is 33.8 Å². The van der Waals surface area contributed by atoms with E-state index in [1.807, 2.05) is 36.4 Å². The summed E-state index contributed by atoms with van der Waals surface area (Å²) >= 11 is 0. The van der Waals surface area contributed by atoms with E-state index in [9.17, 15) is 9.59 Å². The smallest absolute Gasteiger partial charge is 0.416 e. The highest BCUT2D eigenvalue weighted by atomic mass is 16.6. The largest absolute Gasteiger partial charge is 0.447 e. The number of hydrogen-bond acceptors (Lipinski definition) is 3.